The predicted molar refractivity (Wildman–Crippen MR) is 175 cm³/mol. The number of allylic oxidation sites excluding steroid dienone is 1. The van der Waals surface area contributed by atoms with Crippen LogP contribution in [0.2, 0.25) is 0 Å². The minimum Gasteiger partial charge on any atom is -0.496 e. The Bertz CT molecular complexity index is 1430. The van der Waals surface area contributed by atoms with Crippen LogP contribution in [0.1, 0.15) is 82.2 Å². The van der Waals surface area contributed by atoms with Crippen LogP contribution < -0.4 is 9.47 Å². The molecule has 5 heteroatoms. The van der Waals surface area contributed by atoms with Gasteiger partial charge in [0, 0.05) is 12.0 Å². The number of aryl methyl sites for hydroxylation is 2. The Morgan fingerprint density at radius 2 is 1.70 bits per heavy atom. The van der Waals surface area contributed by atoms with Gasteiger partial charge in [-0.2, -0.15) is 4.40 Å². The minimum absolute atomic E-state index is 0.420. The van der Waals surface area contributed by atoms with Gasteiger partial charge in [0.05, 0.1) is 27.4 Å². The molecule has 0 saturated heterocycles. The number of benzene rings is 3. The highest BCUT2D eigenvalue weighted by Crippen LogP contribution is 2.36. The van der Waals surface area contributed by atoms with Crippen molar-refractivity contribution in [3.8, 4) is 11.5 Å². The van der Waals surface area contributed by atoms with Crippen molar-refractivity contribution in [3.05, 3.63) is 95.1 Å². The third kappa shape index (κ3) is 8.34. The smallest absolute Gasteiger partial charge is 0.129 e. The van der Waals surface area contributed by atoms with Gasteiger partial charge in [-0.3, -0.25) is 0 Å². The van der Waals surface area contributed by atoms with E-state index in [2.05, 4.69) is 50.6 Å². The third-order valence-electron chi connectivity index (χ3n) is 6.84. The van der Waals surface area contributed by atoms with Gasteiger partial charge >= 0.3 is 0 Å². The fraction of sp³-hybridized carbons (Fsp3) is 0.371. The van der Waals surface area contributed by atoms with Crippen molar-refractivity contribution in [3.63, 3.8) is 0 Å². The minimum atomic E-state index is -2.81. The lowest BCUT2D eigenvalue weighted by atomic mass is 9.90. The average Bonchev–Trinajstić information content (AvgIpc) is 2.94. The standard InChI is InChI=1S/C24H29NO2S.C9H12O.C2H6/c1-7-17(3)19-11-14-23-21(15-19)22(16-24(4,5)27-23)25-28(6,26)20-12-9-18(8-2)10-13-20;1-7-5-4-6-9(10-3)8(7)2;1-2/h9-15H,3,6-8,16H2,1-2,4-5H3;4-6H,1-3H3;1-2H3/b25-22+;;. The van der Waals surface area contributed by atoms with Crippen LogP contribution in [-0.2, 0) is 16.1 Å². The van der Waals surface area contributed by atoms with Crippen molar-refractivity contribution in [1.82, 2.24) is 0 Å². The molecule has 1 aliphatic heterocycles. The van der Waals surface area contributed by atoms with E-state index in [-0.39, 0.29) is 0 Å². The number of hydrogen-bond acceptors (Lipinski definition) is 3. The molecule has 0 saturated carbocycles. The topological polar surface area (TPSA) is 47.9 Å². The zero-order valence-electron chi connectivity index (χ0n) is 25.9. The fourth-order valence-electron chi connectivity index (χ4n) is 4.30. The first-order valence-corrected chi connectivity index (χ1v) is 15.8. The predicted octanol–water partition coefficient (Wildman–Crippen LogP) is 9.05. The molecule has 40 heavy (non-hydrogen) atoms. The summed E-state index contributed by atoms with van der Waals surface area (Å²) in [5.74, 6) is 5.70. The highest BCUT2D eigenvalue weighted by molar-refractivity contribution is 7.99. The van der Waals surface area contributed by atoms with Crippen LogP contribution in [0.3, 0.4) is 0 Å². The van der Waals surface area contributed by atoms with Gasteiger partial charge in [-0.15, -0.1) is 0 Å². The van der Waals surface area contributed by atoms with Crippen LogP contribution in [-0.4, -0.2) is 28.5 Å². The van der Waals surface area contributed by atoms with Crippen LogP contribution in [0.4, 0.5) is 0 Å². The van der Waals surface area contributed by atoms with Crippen LogP contribution in [0.15, 0.2) is 76.5 Å². The molecule has 4 rings (SSSR count). The highest BCUT2D eigenvalue weighted by atomic mass is 32.2. The Morgan fingerprint density at radius 3 is 2.25 bits per heavy atom. The van der Waals surface area contributed by atoms with Gasteiger partial charge in [0.15, 0.2) is 0 Å². The lowest BCUT2D eigenvalue weighted by molar-refractivity contribution is 0.111. The molecule has 1 atom stereocenters. The summed E-state index contributed by atoms with van der Waals surface area (Å²) in [6, 6.07) is 19.8. The summed E-state index contributed by atoms with van der Waals surface area (Å²) in [5.41, 5.74) is 7.05. The summed E-state index contributed by atoms with van der Waals surface area (Å²) < 4.78 is 29.3. The van der Waals surface area contributed by atoms with Crippen molar-refractivity contribution in [2.24, 2.45) is 4.40 Å². The van der Waals surface area contributed by atoms with Gasteiger partial charge in [-0.1, -0.05) is 64.6 Å². The molecule has 0 bridgehead atoms. The van der Waals surface area contributed by atoms with Crippen LogP contribution in [0, 0.1) is 13.8 Å². The van der Waals surface area contributed by atoms with Crippen molar-refractivity contribution in [1.29, 1.82) is 0 Å². The van der Waals surface area contributed by atoms with Crippen molar-refractivity contribution in [2.45, 2.75) is 85.1 Å². The Balaban J connectivity index is 0.000000391. The first kappa shape index (κ1) is 32.9. The maximum absolute atomic E-state index is 13.4. The average molecular weight is 562 g/mol. The van der Waals surface area contributed by atoms with Gasteiger partial charge in [-0.25, -0.2) is 4.21 Å². The molecule has 3 aromatic carbocycles. The SMILES string of the molecule is C=C(CC)c1ccc2c(c1)/C(=N/S(=C)(=O)c1ccc(CC)cc1)CC(C)(C)O2.CC.COc1cccc(C)c1C. The zero-order chi connectivity index (χ0) is 30.1. The van der Waals surface area contributed by atoms with E-state index in [0.29, 0.717) is 11.3 Å². The first-order valence-electron chi connectivity index (χ1n) is 14.1. The van der Waals surface area contributed by atoms with E-state index in [1.807, 2.05) is 82.3 Å². The van der Waals surface area contributed by atoms with Gasteiger partial charge in [0.1, 0.15) is 17.1 Å². The normalized spacial score (nSPS) is 15.7. The Labute approximate surface area is 243 Å². The van der Waals surface area contributed by atoms with Crippen molar-refractivity contribution >= 4 is 26.9 Å². The molecule has 0 spiro atoms. The number of rotatable bonds is 6. The van der Waals surface area contributed by atoms with Crippen LogP contribution in [0.25, 0.3) is 5.57 Å². The molecule has 0 fully saturated rings. The molecule has 0 radical (unpaired) electrons. The molecule has 0 aromatic heterocycles. The summed E-state index contributed by atoms with van der Waals surface area (Å²) in [6.45, 7) is 20.5. The Hall–Kier alpha value is -3.31. The molecule has 0 amide bonds. The number of methoxy groups -OCH3 is 1. The first-order chi connectivity index (χ1) is 18.9. The van der Waals surface area contributed by atoms with E-state index in [9.17, 15) is 4.21 Å². The van der Waals surface area contributed by atoms with Crippen LogP contribution in [0.5, 0.6) is 11.5 Å². The Kier molecular flexibility index (Phi) is 11.8. The molecular weight excluding hydrogens is 514 g/mol. The fourth-order valence-corrected chi connectivity index (χ4v) is 5.48. The summed E-state index contributed by atoms with van der Waals surface area (Å²) in [4.78, 5) is 0.650. The largest absolute Gasteiger partial charge is 0.496 e. The third-order valence-corrected chi connectivity index (χ3v) is 8.36. The maximum atomic E-state index is 13.4. The monoisotopic (exact) mass is 561 g/mol. The van der Waals surface area contributed by atoms with E-state index in [1.54, 1.807) is 7.11 Å². The van der Waals surface area contributed by atoms with Crippen LogP contribution >= 0.6 is 0 Å². The molecule has 1 unspecified atom stereocenters. The summed E-state index contributed by atoms with van der Waals surface area (Å²) in [5, 5.41) is 0. The van der Waals surface area contributed by atoms with E-state index >= 15 is 0 Å². The van der Waals surface area contributed by atoms with Gasteiger partial charge < -0.3 is 9.47 Å². The second kappa shape index (κ2) is 14.4. The quantitative estimate of drug-likeness (QED) is 0.282. The number of nitrogens with zero attached hydrogens (tertiary/aromatic N) is 1. The van der Waals surface area contributed by atoms with E-state index in [1.165, 1.54) is 16.7 Å². The number of ether oxygens (including phenoxy) is 2. The second-order valence-electron chi connectivity index (χ2n) is 10.3. The van der Waals surface area contributed by atoms with Crippen molar-refractivity contribution in [2.75, 3.05) is 7.11 Å². The van der Waals surface area contributed by atoms with E-state index in [4.69, 9.17) is 9.47 Å². The van der Waals surface area contributed by atoms with Crippen molar-refractivity contribution < 1.29 is 13.7 Å². The number of hydrogen-bond donors (Lipinski definition) is 0. The highest BCUT2D eigenvalue weighted by Gasteiger charge is 2.32. The molecular formula is C35H47NO3S. The lowest BCUT2D eigenvalue weighted by Crippen LogP contribution is -2.36. The maximum Gasteiger partial charge on any atom is 0.129 e. The molecule has 3 aromatic rings. The Morgan fingerprint density at radius 1 is 1.05 bits per heavy atom. The summed E-state index contributed by atoms with van der Waals surface area (Å²) in [7, 11) is -1.11. The van der Waals surface area contributed by atoms with E-state index < -0.39 is 15.3 Å². The molecule has 1 aliphatic rings. The summed E-state index contributed by atoms with van der Waals surface area (Å²) in [6.07, 6.45) is 2.38. The van der Waals surface area contributed by atoms with E-state index in [0.717, 1.165) is 46.8 Å². The molecule has 4 nitrogen and oxygen atoms in total. The molecule has 216 valence electrons. The lowest BCUT2D eigenvalue weighted by Gasteiger charge is -2.34. The number of fused-ring (bicyclic) bond motifs is 1. The molecule has 0 aliphatic carbocycles. The summed E-state index contributed by atoms with van der Waals surface area (Å²) >= 11 is 0. The second-order valence-corrected chi connectivity index (χ2v) is 12.2. The van der Waals surface area contributed by atoms with Gasteiger partial charge in [0.25, 0.3) is 0 Å². The van der Waals surface area contributed by atoms with Gasteiger partial charge in [0.2, 0.25) is 0 Å². The zero-order valence-corrected chi connectivity index (χ0v) is 26.7. The molecule has 0 N–H and O–H groups in total. The van der Waals surface area contributed by atoms with Gasteiger partial charge in [-0.05, 0) is 105 Å². The molecule has 1 heterocycles.